The number of fused-ring (bicyclic) bond motifs is 5. The Bertz CT molecular complexity index is 1190. The van der Waals surface area contributed by atoms with Gasteiger partial charge in [-0.3, -0.25) is 9.69 Å². The lowest BCUT2D eigenvalue weighted by molar-refractivity contribution is 0.00947. The molecule has 0 saturated carbocycles. The summed E-state index contributed by atoms with van der Waals surface area (Å²) in [7, 11) is 0. The lowest BCUT2D eigenvalue weighted by atomic mass is 9.87. The number of hydrogen-bond donors (Lipinski definition) is 0. The van der Waals surface area contributed by atoms with Gasteiger partial charge in [-0.15, -0.1) is 0 Å². The topological polar surface area (TPSA) is 32.8 Å². The molecule has 1 amide bonds. The fourth-order valence-corrected chi connectivity index (χ4v) is 5.90. The van der Waals surface area contributed by atoms with Gasteiger partial charge in [-0.25, -0.2) is 4.39 Å². The zero-order valence-electron chi connectivity index (χ0n) is 19.2. The van der Waals surface area contributed by atoms with Crippen LogP contribution < -0.4 is 0 Å². The summed E-state index contributed by atoms with van der Waals surface area (Å²) in [5.74, 6) is 0.148. The van der Waals surface area contributed by atoms with Gasteiger partial charge in [-0.05, 0) is 59.4 Å². The van der Waals surface area contributed by atoms with Gasteiger partial charge in [0.1, 0.15) is 5.82 Å². The maximum Gasteiger partial charge on any atom is 0.253 e. The van der Waals surface area contributed by atoms with Crippen molar-refractivity contribution in [3.63, 3.8) is 0 Å². The van der Waals surface area contributed by atoms with Crippen molar-refractivity contribution in [2.45, 2.75) is 31.0 Å². The first kappa shape index (κ1) is 21.5. The Kier molecular flexibility index (Phi) is 5.67. The lowest BCUT2D eigenvalue weighted by Crippen LogP contribution is -2.50. The Labute approximate surface area is 200 Å². The molecule has 0 N–H and O–H groups in total. The van der Waals surface area contributed by atoms with Crippen molar-refractivity contribution >= 4 is 5.91 Å². The van der Waals surface area contributed by atoms with Crippen LogP contribution in [0.1, 0.15) is 51.1 Å². The first-order valence-corrected chi connectivity index (χ1v) is 12.2. The Hall–Kier alpha value is -3.02. The largest absolute Gasteiger partial charge is 0.368 e. The molecule has 3 unspecified atom stereocenters. The fourth-order valence-electron chi connectivity index (χ4n) is 5.90. The van der Waals surface area contributed by atoms with E-state index in [9.17, 15) is 9.18 Å². The molecule has 1 aliphatic carbocycles. The summed E-state index contributed by atoms with van der Waals surface area (Å²) in [5, 5.41) is 0. The number of ether oxygens (including phenoxy) is 1. The van der Waals surface area contributed by atoms with E-state index in [1.165, 1.54) is 11.1 Å². The van der Waals surface area contributed by atoms with E-state index in [0.29, 0.717) is 0 Å². The van der Waals surface area contributed by atoms with Crippen LogP contribution in [0.3, 0.4) is 0 Å². The van der Waals surface area contributed by atoms with E-state index >= 15 is 0 Å². The average Bonchev–Trinajstić information content (AvgIpc) is 3.24. The monoisotopic (exact) mass is 456 g/mol. The van der Waals surface area contributed by atoms with E-state index in [0.717, 1.165) is 62.3 Å². The van der Waals surface area contributed by atoms with Crippen LogP contribution in [0.5, 0.6) is 0 Å². The van der Waals surface area contributed by atoms with Gasteiger partial charge in [-0.1, -0.05) is 48.5 Å². The van der Waals surface area contributed by atoms with Gasteiger partial charge < -0.3 is 9.64 Å². The number of rotatable bonds is 3. The Balaban J connectivity index is 1.16. The van der Waals surface area contributed by atoms with Crippen molar-refractivity contribution in [1.29, 1.82) is 0 Å². The predicted molar refractivity (Wildman–Crippen MR) is 129 cm³/mol. The molecule has 34 heavy (non-hydrogen) atoms. The SMILES string of the molecule is O=C(c1ccccc1)N1CCN(CC2CC3c4ccccc4Cc4ccc(F)cc4C3O2)CC1. The Morgan fingerprint density at radius 1 is 0.882 bits per heavy atom. The molecule has 3 aromatic rings. The molecule has 0 bridgehead atoms. The molecule has 0 radical (unpaired) electrons. The zero-order valence-corrected chi connectivity index (χ0v) is 19.2. The summed E-state index contributed by atoms with van der Waals surface area (Å²) in [4.78, 5) is 17.1. The summed E-state index contributed by atoms with van der Waals surface area (Å²) in [6.45, 7) is 3.98. The molecule has 2 fully saturated rings. The molecular weight excluding hydrogens is 427 g/mol. The van der Waals surface area contributed by atoms with Crippen molar-refractivity contribution in [3.05, 3.63) is 106 Å². The normalized spacial score (nSPS) is 24.1. The highest BCUT2D eigenvalue weighted by Gasteiger charge is 2.41. The summed E-state index contributed by atoms with van der Waals surface area (Å²) < 4.78 is 20.9. The lowest BCUT2D eigenvalue weighted by Gasteiger charge is -2.36. The molecule has 3 atom stereocenters. The Morgan fingerprint density at radius 3 is 2.44 bits per heavy atom. The number of piperazine rings is 1. The number of hydrogen-bond acceptors (Lipinski definition) is 3. The van der Waals surface area contributed by atoms with Gasteiger partial charge in [0.25, 0.3) is 5.91 Å². The van der Waals surface area contributed by atoms with Crippen LogP contribution in [0.25, 0.3) is 0 Å². The molecule has 3 aromatic carbocycles. The van der Waals surface area contributed by atoms with E-state index < -0.39 is 0 Å². The van der Waals surface area contributed by atoms with Gasteiger partial charge in [0.2, 0.25) is 0 Å². The van der Waals surface area contributed by atoms with Crippen molar-refractivity contribution in [1.82, 2.24) is 9.80 Å². The van der Waals surface area contributed by atoms with Crippen LogP contribution >= 0.6 is 0 Å². The number of carbonyl (C=O) groups excluding carboxylic acids is 1. The second-order valence-electron chi connectivity index (χ2n) is 9.70. The highest BCUT2D eigenvalue weighted by atomic mass is 19.1. The van der Waals surface area contributed by atoms with Crippen LogP contribution in [0, 0.1) is 5.82 Å². The van der Waals surface area contributed by atoms with E-state index in [-0.39, 0.29) is 29.9 Å². The second-order valence-corrected chi connectivity index (χ2v) is 9.70. The van der Waals surface area contributed by atoms with Gasteiger partial charge in [0.05, 0.1) is 12.2 Å². The summed E-state index contributed by atoms with van der Waals surface area (Å²) in [6.07, 6.45) is 1.74. The number of benzene rings is 3. The van der Waals surface area contributed by atoms with Gasteiger partial charge >= 0.3 is 0 Å². The van der Waals surface area contributed by atoms with Crippen LogP contribution in [0.2, 0.25) is 0 Å². The minimum absolute atomic E-state index is 0.0913. The predicted octanol–water partition coefficient (Wildman–Crippen LogP) is 4.80. The van der Waals surface area contributed by atoms with Crippen LogP contribution in [0.4, 0.5) is 4.39 Å². The van der Waals surface area contributed by atoms with E-state index in [4.69, 9.17) is 4.74 Å². The van der Waals surface area contributed by atoms with Crippen LogP contribution in [-0.2, 0) is 11.2 Å². The fraction of sp³-hybridized carbons (Fsp3) is 0.345. The molecule has 6 rings (SSSR count). The van der Waals surface area contributed by atoms with Crippen molar-refractivity contribution in [2.75, 3.05) is 32.7 Å². The first-order chi connectivity index (χ1) is 16.7. The minimum Gasteiger partial charge on any atom is -0.368 e. The molecule has 0 aromatic heterocycles. The number of halogens is 1. The van der Waals surface area contributed by atoms with E-state index in [1.54, 1.807) is 12.1 Å². The van der Waals surface area contributed by atoms with Crippen LogP contribution in [0.15, 0.2) is 72.8 Å². The highest BCUT2D eigenvalue weighted by Crippen LogP contribution is 2.49. The third kappa shape index (κ3) is 4.04. The van der Waals surface area contributed by atoms with Gasteiger partial charge in [0, 0.05) is 44.2 Å². The smallest absolute Gasteiger partial charge is 0.253 e. The van der Waals surface area contributed by atoms with E-state index in [2.05, 4.69) is 29.2 Å². The standard InChI is InChI=1S/C29H29FN2O2/c30-23-11-10-22-16-21-8-4-5-9-25(21)27-18-24(34-28(27)26(22)17-23)19-31-12-14-32(15-13-31)29(33)20-6-2-1-3-7-20/h1-11,17,24,27-28H,12-16,18-19H2. The number of amides is 1. The van der Waals surface area contributed by atoms with Crippen molar-refractivity contribution < 1.29 is 13.9 Å². The van der Waals surface area contributed by atoms with Gasteiger partial charge in [0.15, 0.2) is 0 Å². The highest BCUT2D eigenvalue weighted by molar-refractivity contribution is 5.94. The van der Waals surface area contributed by atoms with Gasteiger partial charge in [-0.2, -0.15) is 0 Å². The molecule has 5 heteroatoms. The van der Waals surface area contributed by atoms with Crippen molar-refractivity contribution in [3.8, 4) is 0 Å². The zero-order chi connectivity index (χ0) is 23.1. The molecule has 2 aliphatic heterocycles. The maximum absolute atomic E-state index is 14.2. The molecule has 2 heterocycles. The summed E-state index contributed by atoms with van der Waals surface area (Å²) in [6, 6.07) is 23.3. The molecular formula is C29H29FN2O2. The second kappa shape index (κ2) is 8.97. The average molecular weight is 457 g/mol. The number of nitrogens with zero attached hydrogens (tertiary/aromatic N) is 2. The summed E-state index contributed by atoms with van der Waals surface area (Å²) >= 11 is 0. The Morgan fingerprint density at radius 2 is 1.62 bits per heavy atom. The molecule has 174 valence electrons. The molecule has 0 spiro atoms. The minimum atomic E-state index is -0.199. The van der Waals surface area contributed by atoms with Crippen molar-refractivity contribution in [2.24, 2.45) is 0 Å². The quantitative estimate of drug-likeness (QED) is 0.568. The molecule has 3 aliphatic rings. The third-order valence-electron chi connectivity index (χ3n) is 7.61. The van der Waals surface area contributed by atoms with Crippen LogP contribution in [-0.4, -0.2) is 54.5 Å². The molecule has 4 nitrogen and oxygen atoms in total. The molecule has 2 saturated heterocycles. The van der Waals surface area contributed by atoms with E-state index in [1.807, 2.05) is 41.3 Å². The summed E-state index contributed by atoms with van der Waals surface area (Å²) in [5.41, 5.74) is 5.57. The number of carbonyl (C=O) groups is 1. The first-order valence-electron chi connectivity index (χ1n) is 12.2. The maximum atomic E-state index is 14.2. The third-order valence-corrected chi connectivity index (χ3v) is 7.61.